The number of halogens is 1. The molecule has 1 aliphatic rings. The van der Waals surface area contributed by atoms with Crippen LogP contribution in [0.4, 0.5) is 4.39 Å². The van der Waals surface area contributed by atoms with Crippen LogP contribution in [0.15, 0.2) is 65.8 Å². The van der Waals surface area contributed by atoms with Crippen LogP contribution in [0, 0.1) is 5.82 Å². The van der Waals surface area contributed by atoms with Gasteiger partial charge in [0.1, 0.15) is 17.3 Å². The second-order valence-corrected chi connectivity index (χ2v) is 7.17. The first-order valence-corrected chi connectivity index (χ1v) is 10.3. The van der Waals surface area contributed by atoms with Gasteiger partial charge in [-0.1, -0.05) is 24.3 Å². The molecule has 0 saturated heterocycles. The number of hydrogen-bond donors (Lipinski definition) is 2. The number of aliphatic imine (C=N–C) groups is 1. The van der Waals surface area contributed by atoms with Crippen molar-refractivity contribution in [3.8, 4) is 17.4 Å². The number of guanidine groups is 1. The third kappa shape index (κ3) is 5.51. The molecule has 0 amide bonds. The normalized spacial score (nSPS) is 12.8. The van der Waals surface area contributed by atoms with Crippen LogP contribution >= 0.6 is 0 Å². The first-order valence-electron chi connectivity index (χ1n) is 10.3. The molecule has 1 aromatic heterocycles. The summed E-state index contributed by atoms with van der Waals surface area (Å²) in [6.07, 6.45) is 3.51. The van der Waals surface area contributed by atoms with Crippen molar-refractivity contribution < 1.29 is 13.9 Å². The lowest BCUT2D eigenvalue weighted by molar-refractivity contribution is 0.357. The number of rotatable bonds is 7. The van der Waals surface area contributed by atoms with E-state index in [1.54, 1.807) is 25.4 Å². The number of benzene rings is 2. The Morgan fingerprint density at radius 2 is 2.10 bits per heavy atom. The minimum Gasteiger partial charge on any atom is -0.493 e. The summed E-state index contributed by atoms with van der Waals surface area (Å²) >= 11 is 0. The molecule has 0 spiro atoms. The van der Waals surface area contributed by atoms with Gasteiger partial charge in [-0.25, -0.2) is 9.37 Å². The van der Waals surface area contributed by atoms with Crippen LogP contribution in [0.25, 0.3) is 0 Å². The summed E-state index contributed by atoms with van der Waals surface area (Å²) < 4.78 is 24.8. The van der Waals surface area contributed by atoms with Crippen molar-refractivity contribution in [1.82, 2.24) is 15.6 Å². The monoisotopic (exact) mass is 420 g/mol. The maximum Gasteiger partial charge on any atom is 0.224 e. The topological polar surface area (TPSA) is 67.8 Å². The summed E-state index contributed by atoms with van der Waals surface area (Å²) in [5.74, 6) is 2.17. The number of pyridine rings is 1. The average molecular weight is 420 g/mol. The number of fused-ring (bicyclic) bond motifs is 1. The molecular formula is C24H25FN4O2. The van der Waals surface area contributed by atoms with Gasteiger partial charge in [0.25, 0.3) is 0 Å². The molecule has 0 radical (unpaired) electrons. The maximum absolute atomic E-state index is 13.4. The zero-order valence-electron chi connectivity index (χ0n) is 17.4. The minimum atomic E-state index is -0.353. The van der Waals surface area contributed by atoms with Gasteiger partial charge in [-0.05, 0) is 41.8 Å². The van der Waals surface area contributed by atoms with Crippen molar-refractivity contribution in [2.75, 3.05) is 20.2 Å². The second kappa shape index (κ2) is 9.93. The summed E-state index contributed by atoms with van der Waals surface area (Å²) in [5.41, 5.74) is 3.39. The van der Waals surface area contributed by atoms with Crippen molar-refractivity contribution in [1.29, 1.82) is 0 Å². The summed E-state index contributed by atoms with van der Waals surface area (Å²) in [6, 6.07) is 16.1. The molecule has 1 aliphatic heterocycles. The molecule has 3 aromatic rings. The Morgan fingerprint density at radius 3 is 2.97 bits per heavy atom. The highest BCUT2D eigenvalue weighted by molar-refractivity contribution is 5.79. The molecule has 0 saturated carbocycles. The molecule has 31 heavy (non-hydrogen) atoms. The lowest BCUT2D eigenvalue weighted by Crippen LogP contribution is -2.37. The lowest BCUT2D eigenvalue weighted by Gasteiger charge is -2.14. The molecule has 0 fully saturated rings. The van der Waals surface area contributed by atoms with Crippen LogP contribution in [0.2, 0.25) is 0 Å². The van der Waals surface area contributed by atoms with E-state index in [1.165, 1.54) is 23.3 Å². The fourth-order valence-electron chi connectivity index (χ4n) is 3.41. The van der Waals surface area contributed by atoms with Crippen molar-refractivity contribution >= 4 is 5.96 Å². The molecule has 2 N–H and O–H groups in total. The van der Waals surface area contributed by atoms with Crippen LogP contribution in [0.5, 0.6) is 17.4 Å². The summed E-state index contributed by atoms with van der Waals surface area (Å²) in [7, 11) is 1.73. The van der Waals surface area contributed by atoms with Crippen LogP contribution in [0.1, 0.15) is 16.7 Å². The predicted molar refractivity (Wildman–Crippen MR) is 118 cm³/mol. The molecule has 0 atom stereocenters. The molecule has 6 nitrogen and oxygen atoms in total. The highest BCUT2D eigenvalue weighted by Gasteiger charge is 2.12. The largest absolute Gasteiger partial charge is 0.493 e. The molecule has 160 valence electrons. The van der Waals surface area contributed by atoms with Crippen molar-refractivity contribution in [2.24, 2.45) is 4.99 Å². The Bertz CT molecular complexity index is 1070. The number of hydrogen-bond acceptors (Lipinski definition) is 4. The quantitative estimate of drug-likeness (QED) is 0.449. The van der Waals surface area contributed by atoms with E-state index in [0.717, 1.165) is 37.3 Å². The van der Waals surface area contributed by atoms with Crippen LogP contribution in [0.3, 0.4) is 0 Å². The highest BCUT2D eigenvalue weighted by Crippen LogP contribution is 2.26. The van der Waals surface area contributed by atoms with Gasteiger partial charge in [-0.2, -0.15) is 0 Å². The standard InChI is InChI=1S/C24H25FN4O2/c1-26-24(28-12-9-17-7-8-22-18(14-17)10-13-30-22)29-16-19-4-3-11-27-23(19)31-21-6-2-5-20(25)15-21/h2-8,11,14-15H,9-10,12-13,16H2,1H3,(H2,26,28,29). The van der Waals surface area contributed by atoms with Gasteiger partial charge in [0.15, 0.2) is 5.96 Å². The molecular weight excluding hydrogens is 395 g/mol. The lowest BCUT2D eigenvalue weighted by atomic mass is 10.1. The molecule has 2 heterocycles. The zero-order valence-corrected chi connectivity index (χ0v) is 17.4. The van der Waals surface area contributed by atoms with Crippen molar-refractivity contribution in [3.63, 3.8) is 0 Å². The molecule has 0 unspecified atom stereocenters. The molecule has 0 aliphatic carbocycles. The Hall–Kier alpha value is -3.61. The number of aromatic nitrogens is 1. The van der Waals surface area contributed by atoms with Gasteiger partial charge >= 0.3 is 0 Å². The van der Waals surface area contributed by atoms with Gasteiger partial charge in [0.2, 0.25) is 5.88 Å². The van der Waals surface area contributed by atoms with Gasteiger partial charge in [0.05, 0.1) is 6.61 Å². The van der Waals surface area contributed by atoms with Gasteiger partial charge < -0.3 is 20.1 Å². The number of ether oxygens (including phenoxy) is 2. The fraction of sp³-hybridized carbons (Fsp3) is 0.250. The molecule has 0 bridgehead atoms. The average Bonchev–Trinajstić information content (AvgIpc) is 3.25. The van der Waals surface area contributed by atoms with E-state index < -0.39 is 0 Å². The van der Waals surface area contributed by atoms with Crippen molar-refractivity contribution in [3.05, 3.63) is 83.3 Å². The molecule has 2 aromatic carbocycles. The maximum atomic E-state index is 13.4. The van der Waals surface area contributed by atoms with E-state index in [2.05, 4.69) is 32.7 Å². The van der Waals surface area contributed by atoms with E-state index in [4.69, 9.17) is 9.47 Å². The Labute approximate surface area is 181 Å². The number of nitrogens with zero attached hydrogens (tertiary/aromatic N) is 2. The minimum absolute atomic E-state index is 0.353. The summed E-state index contributed by atoms with van der Waals surface area (Å²) in [6.45, 7) is 1.99. The van der Waals surface area contributed by atoms with E-state index in [1.807, 2.05) is 18.2 Å². The molecule has 7 heteroatoms. The fourth-order valence-corrected chi connectivity index (χ4v) is 3.41. The first kappa shape index (κ1) is 20.7. The van der Waals surface area contributed by atoms with Gasteiger partial charge in [-0.3, -0.25) is 4.99 Å². The van der Waals surface area contributed by atoms with Gasteiger partial charge in [-0.15, -0.1) is 0 Å². The first-order chi connectivity index (χ1) is 15.2. The van der Waals surface area contributed by atoms with Crippen LogP contribution in [-0.2, 0) is 19.4 Å². The van der Waals surface area contributed by atoms with E-state index >= 15 is 0 Å². The van der Waals surface area contributed by atoms with Crippen LogP contribution < -0.4 is 20.1 Å². The smallest absolute Gasteiger partial charge is 0.224 e. The molecule has 4 rings (SSSR count). The van der Waals surface area contributed by atoms with E-state index in [9.17, 15) is 4.39 Å². The Morgan fingerprint density at radius 1 is 1.16 bits per heavy atom. The third-order valence-electron chi connectivity index (χ3n) is 4.99. The zero-order chi connectivity index (χ0) is 21.5. The Balaban J connectivity index is 1.30. The van der Waals surface area contributed by atoms with E-state index in [-0.39, 0.29) is 5.82 Å². The summed E-state index contributed by atoms with van der Waals surface area (Å²) in [4.78, 5) is 8.56. The highest BCUT2D eigenvalue weighted by atomic mass is 19.1. The number of nitrogens with one attached hydrogen (secondary N) is 2. The second-order valence-electron chi connectivity index (χ2n) is 7.17. The Kier molecular flexibility index (Phi) is 6.62. The predicted octanol–water partition coefficient (Wildman–Crippen LogP) is 3.86. The van der Waals surface area contributed by atoms with Crippen molar-refractivity contribution in [2.45, 2.75) is 19.4 Å². The SMILES string of the molecule is CN=C(NCCc1ccc2c(c1)CCO2)NCc1cccnc1Oc1cccc(F)c1. The van der Waals surface area contributed by atoms with E-state index in [0.29, 0.717) is 24.1 Å². The van der Waals surface area contributed by atoms with Crippen LogP contribution in [-0.4, -0.2) is 31.1 Å². The summed E-state index contributed by atoms with van der Waals surface area (Å²) in [5, 5.41) is 6.61. The third-order valence-corrected chi connectivity index (χ3v) is 4.99. The van der Waals surface area contributed by atoms with Gasteiger partial charge in [0, 0.05) is 44.4 Å².